The standard InChI is InChI=1S/C19H18Cl2N4O4/c20-15-3-1-2-4-17(15)22-18(26)12-23-7-9-24(10-8-23)19(27)14-6-5-13(25(28)29)11-16(14)21/h1-6,11H,7-10,12H2,(H,22,26). The summed E-state index contributed by atoms with van der Waals surface area (Å²) >= 11 is 12.1. The van der Waals surface area contributed by atoms with E-state index in [9.17, 15) is 19.7 Å². The molecule has 0 aromatic heterocycles. The van der Waals surface area contributed by atoms with Crippen molar-refractivity contribution in [3.8, 4) is 0 Å². The van der Waals surface area contributed by atoms with Crippen molar-refractivity contribution in [3.05, 3.63) is 68.2 Å². The summed E-state index contributed by atoms with van der Waals surface area (Å²) in [4.78, 5) is 38.7. The van der Waals surface area contributed by atoms with Crippen molar-refractivity contribution in [2.45, 2.75) is 0 Å². The molecule has 152 valence electrons. The number of hydrogen-bond donors (Lipinski definition) is 1. The van der Waals surface area contributed by atoms with Crippen LogP contribution in [0.3, 0.4) is 0 Å². The molecule has 3 rings (SSSR count). The lowest BCUT2D eigenvalue weighted by atomic mass is 10.1. The first-order valence-electron chi connectivity index (χ1n) is 8.85. The predicted octanol–water partition coefficient (Wildman–Crippen LogP) is 3.30. The van der Waals surface area contributed by atoms with Crippen LogP contribution >= 0.6 is 23.2 Å². The van der Waals surface area contributed by atoms with Crippen LogP contribution in [-0.2, 0) is 4.79 Å². The molecule has 0 bridgehead atoms. The van der Waals surface area contributed by atoms with Gasteiger partial charge in [0.2, 0.25) is 5.91 Å². The minimum atomic E-state index is -0.563. The largest absolute Gasteiger partial charge is 0.336 e. The maximum Gasteiger partial charge on any atom is 0.270 e. The maximum absolute atomic E-state index is 12.7. The summed E-state index contributed by atoms with van der Waals surface area (Å²) in [6.07, 6.45) is 0. The Morgan fingerprint density at radius 3 is 2.34 bits per heavy atom. The number of non-ortho nitro benzene ring substituents is 1. The smallest absolute Gasteiger partial charge is 0.270 e. The van der Waals surface area contributed by atoms with Gasteiger partial charge in [-0.05, 0) is 18.2 Å². The lowest BCUT2D eigenvalue weighted by Gasteiger charge is -2.34. The SMILES string of the molecule is O=C(CN1CCN(C(=O)c2ccc([N+](=O)[O-])cc2Cl)CC1)Nc1ccccc1Cl. The van der Waals surface area contributed by atoms with Gasteiger partial charge >= 0.3 is 0 Å². The Labute approximate surface area is 177 Å². The monoisotopic (exact) mass is 436 g/mol. The maximum atomic E-state index is 12.7. The third-order valence-electron chi connectivity index (χ3n) is 4.57. The fourth-order valence-corrected chi connectivity index (χ4v) is 3.46. The first-order valence-corrected chi connectivity index (χ1v) is 9.60. The molecule has 0 unspecified atom stereocenters. The zero-order chi connectivity index (χ0) is 21.0. The summed E-state index contributed by atoms with van der Waals surface area (Å²) in [5, 5.41) is 14.1. The van der Waals surface area contributed by atoms with Crippen molar-refractivity contribution in [1.82, 2.24) is 9.80 Å². The van der Waals surface area contributed by atoms with E-state index in [1.54, 1.807) is 29.2 Å². The molecule has 1 fully saturated rings. The Bertz CT molecular complexity index is 946. The Morgan fingerprint density at radius 1 is 1.03 bits per heavy atom. The Balaban J connectivity index is 1.53. The first kappa shape index (κ1) is 21.0. The molecule has 1 saturated heterocycles. The van der Waals surface area contributed by atoms with Gasteiger partial charge in [0, 0.05) is 38.3 Å². The van der Waals surface area contributed by atoms with Gasteiger partial charge in [-0.2, -0.15) is 0 Å². The zero-order valence-corrected chi connectivity index (χ0v) is 16.8. The highest BCUT2D eigenvalue weighted by Crippen LogP contribution is 2.24. The van der Waals surface area contributed by atoms with Gasteiger partial charge in [-0.3, -0.25) is 24.6 Å². The van der Waals surface area contributed by atoms with E-state index in [-0.39, 0.29) is 34.6 Å². The van der Waals surface area contributed by atoms with Crippen LogP contribution in [0.2, 0.25) is 10.0 Å². The lowest BCUT2D eigenvalue weighted by molar-refractivity contribution is -0.384. The van der Waals surface area contributed by atoms with Crippen molar-refractivity contribution < 1.29 is 14.5 Å². The molecule has 0 aliphatic carbocycles. The van der Waals surface area contributed by atoms with Gasteiger partial charge < -0.3 is 10.2 Å². The van der Waals surface area contributed by atoms with Gasteiger partial charge in [-0.1, -0.05) is 35.3 Å². The van der Waals surface area contributed by atoms with Crippen LogP contribution in [0.4, 0.5) is 11.4 Å². The van der Waals surface area contributed by atoms with Crippen LogP contribution in [0.15, 0.2) is 42.5 Å². The molecule has 1 N–H and O–H groups in total. The van der Waals surface area contributed by atoms with E-state index in [1.807, 2.05) is 4.90 Å². The van der Waals surface area contributed by atoms with Crippen molar-refractivity contribution in [1.29, 1.82) is 0 Å². The van der Waals surface area contributed by atoms with Crippen molar-refractivity contribution >= 4 is 46.4 Å². The Kier molecular flexibility index (Phi) is 6.68. The van der Waals surface area contributed by atoms with Crippen LogP contribution in [0.5, 0.6) is 0 Å². The average Bonchev–Trinajstić information content (AvgIpc) is 2.69. The number of carbonyl (C=O) groups excluding carboxylic acids is 2. The Morgan fingerprint density at radius 2 is 1.72 bits per heavy atom. The number of nitro benzene ring substituents is 1. The van der Waals surface area contributed by atoms with Crippen molar-refractivity contribution in [2.24, 2.45) is 0 Å². The molecule has 29 heavy (non-hydrogen) atoms. The summed E-state index contributed by atoms with van der Waals surface area (Å²) in [7, 11) is 0. The van der Waals surface area contributed by atoms with E-state index in [0.29, 0.717) is 36.9 Å². The van der Waals surface area contributed by atoms with Crippen molar-refractivity contribution in [2.75, 3.05) is 38.0 Å². The summed E-state index contributed by atoms with van der Waals surface area (Å²) in [5.41, 5.74) is 0.615. The second-order valence-corrected chi connectivity index (χ2v) is 7.33. The highest BCUT2D eigenvalue weighted by atomic mass is 35.5. The van der Waals surface area contributed by atoms with E-state index in [1.165, 1.54) is 18.2 Å². The van der Waals surface area contributed by atoms with Gasteiger partial charge in [0.05, 0.1) is 32.8 Å². The van der Waals surface area contributed by atoms with Crippen LogP contribution in [0.25, 0.3) is 0 Å². The molecule has 10 heteroatoms. The van der Waals surface area contributed by atoms with Crippen LogP contribution < -0.4 is 5.32 Å². The number of anilines is 1. The molecule has 1 heterocycles. The van der Waals surface area contributed by atoms with Crippen molar-refractivity contribution in [3.63, 3.8) is 0 Å². The van der Waals surface area contributed by atoms with Crippen LogP contribution in [-0.4, -0.2) is 59.3 Å². The third-order valence-corrected chi connectivity index (χ3v) is 5.21. The van der Waals surface area contributed by atoms with Gasteiger partial charge in [0.1, 0.15) is 0 Å². The number of rotatable bonds is 5. The average molecular weight is 437 g/mol. The minimum Gasteiger partial charge on any atom is -0.336 e. The number of halogens is 2. The highest BCUT2D eigenvalue weighted by Gasteiger charge is 2.25. The zero-order valence-electron chi connectivity index (χ0n) is 15.3. The number of nitro groups is 1. The molecule has 2 amide bonds. The lowest BCUT2D eigenvalue weighted by Crippen LogP contribution is -2.50. The Hall–Kier alpha value is -2.68. The number of hydrogen-bond acceptors (Lipinski definition) is 5. The third kappa shape index (κ3) is 5.23. The molecule has 1 aliphatic heterocycles. The number of nitrogens with zero attached hydrogens (tertiary/aromatic N) is 3. The molecule has 2 aromatic rings. The van der Waals surface area contributed by atoms with Crippen LogP contribution in [0.1, 0.15) is 10.4 Å². The summed E-state index contributed by atoms with van der Waals surface area (Å²) in [5.74, 6) is -0.471. The number of nitrogens with one attached hydrogen (secondary N) is 1. The molecule has 8 nitrogen and oxygen atoms in total. The molecule has 0 saturated carbocycles. The molecular weight excluding hydrogens is 419 g/mol. The van der Waals surface area contributed by atoms with E-state index >= 15 is 0 Å². The number of para-hydroxylation sites is 1. The fourth-order valence-electron chi connectivity index (χ4n) is 3.03. The van der Waals surface area contributed by atoms with E-state index in [4.69, 9.17) is 23.2 Å². The highest BCUT2D eigenvalue weighted by molar-refractivity contribution is 6.34. The summed E-state index contributed by atoms with van der Waals surface area (Å²) in [6, 6.07) is 10.8. The normalized spacial score (nSPS) is 14.5. The second-order valence-electron chi connectivity index (χ2n) is 6.52. The number of piperazine rings is 1. The predicted molar refractivity (Wildman–Crippen MR) is 111 cm³/mol. The quantitative estimate of drug-likeness (QED) is 0.572. The fraction of sp³-hybridized carbons (Fsp3) is 0.263. The molecule has 2 aromatic carbocycles. The van der Waals surface area contributed by atoms with E-state index in [0.717, 1.165) is 0 Å². The molecule has 0 spiro atoms. The molecular formula is C19H18Cl2N4O4. The molecule has 0 atom stereocenters. The van der Waals surface area contributed by atoms with Gasteiger partial charge in [-0.25, -0.2) is 0 Å². The number of benzene rings is 2. The number of amides is 2. The summed E-state index contributed by atoms with van der Waals surface area (Å²) in [6.45, 7) is 2.07. The topological polar surface area (TPSA) is 95.8 Å². The van der Waals surface area contributed by atoms with Gasteiger partial charge in [0.15, 0.2) is 0 Å². The molecule has 0 radical (unpaired) electrons. The number of carbonyl (C=O) groups is 2. The van der Waals surface area contributed by atoms with E-state index in [2.05, 4.69) is 5.32 Å². The second kappa shape index (κ2) is 9.21. The first-order chi connectivity index (χ1) is 13.8. The van der Waals surface area contributed by atoms with E-state index < -0.39 is 4.92 Å². The van der Waals surface area contributed by atoms with Gasteiger partial charge in [-0.15, -0.1) is 0 Å². The van der Waals surface area contributed by atoms with Crippen LogP contribution in [0, 0.1) is 10.1 Å². The van der Waals surface area contributed by atoms with Gasteiger partial charge in [0.25, 0.3) is 11.6 Å². The molecule has 1 aliphatic rings. The minimum absolute atomic E-state index is 0.0470. The summed E-state index contributed by atoms with van der Waals surface area (Å²) < 4.78 is 0.